The SMILES string of the molecule is CCn1ccnc1C1CCN(C(=O)NC23CC4CC(CC(C4)C2)C3)CC1. The normalized spacial score (nSPS) is 36.5. The van der Waals surface area contributed by atoms with E-state index in [-0.39, 0.29) is 11.6 Å². The van der Waals surface area contributed by atoms with Gasteiger partial charge in [0.2, 0.25) is 0 Å². The van der Waals surface area contributed by atoms with Gasteiger partial charge in [-0.1, -0.05) is 0 Å². The molecule has 4 aliphatic carbocycles. The van der Waals surface area contributed by atoms with Gasteiger partial charge >= 0.3 is 6.03 Å². The quantitative estimate of drug-likeness (QED) is 0.896. The van der Waals surface area contributed by atoms with Crippen molar-refractivity contribution in [3.63, 3.8) is 0 Å². The first kappa shape index (κ1) is 16.6. The number of likely N-dealkylation sites (tertiary alicyclic amines) is 1. The minimum atomic E-state index is 0.126. The Labute approximate surface area is 156 Å². The summed E-state index contributed by atoms with van der Waals surface area (Å²) in [6, 6.07) is 0.198. The lowest BCUT2D eigenvalue weighted by molar-refractivity contribution is -0.0160. The third-order valence-electron chi connectivity index (χ3n) is 7.65. The molecule has 6 rings (SSSR count). The zero-order valence-corrected chi connectivity index (χ0v) is 16.0. The van der Waals surface area contributed by atoms with Gasteiger partial charge in [0, 0.05) is 43.5 Å². The summed E-state index contributed by atoms with van der Waals surface area (Å²) in [6.07, 6.45) is 14.0. The molecule has 1 aliphatic heterocycles. The maximum Gasteiger partial charge on any atom is 0.317 e. The van der Waals surface area contributed by atoms with E-state index >= 15 is 0 Å². The number of amides is 2. The highest BCUT2D eigenvalue weighted by molar-refractivity contribution is 5.75. The van der Waals surface area contributed by atoms with Crippen molar-refractivity contribution in [2.45, 2.75) is 76.3 Å². The summed E-state index contributed by atoms with van der Waals surface area (Å²) in [7, 11) is 0. The summed E-state index contributed by atoms with van der Waals surface area (Å²) >= 11 is 0. The maximum atomic E-state index is 13.0. The Morgan fingerprint density at radius 3 is 2.35 bits per heavy atom. The van der Waals surface area contributed by atoms with Crippen LogP contribution in [0.2, 0.25) is 0 Å². The van der Waals surface area contributed by atoms with Gasteiger partial charge in [0.05, 0.1) is 0 Å². The third-order valence-corrected chi connectivity index (χ3v) is 7.65. The predicted octanol–water partition coefficient (Wildman–Crippen LogP) is 3.76. The Morgan fingerprint density at radius 1 is 1.15 bits per heavy atom. The van der Waals surface area contributed by atoms with Gasteiger partial charge in [-0.2, -0.15) is 0 Å². The van der Waals surface area contributed by atoms with Crippen molar-refractivity contribution in [2.75, 3.05) is 13.1 Å². The Balaban J connectivity index is 1.20. The van der Waals surface area contributed by atoms with Crippen molar-refractivity contribution in [1.29, 1.82) is 0 Å². The van der Waals surface area contributed by atoms with E-state index in [4.69, 9.17) is 0 Å². The van der Waals surface area contributed by atoms with Crippen LogP contribution in [-0.2, 0) is 6.54 Å². The van der Waals surface area contributed by atoms with Crippen molar-refractivity contribution in [3.8, 4) is 0 Å². The molecule has 4 bridgehead atoms. The minimum Gasteiger partial charge on any atom is -0.335 e. The molecule has 4 saturated carbocycles. The van der Waals surface area contributed by atoms with Crippen molar-refractivity contribution in [1.82, 2.24) is 19.8 Å². The molecule has 2 heterocycles. The first-order valence-electron chi connectivity index (χ1n) is 10.7. The van der Waals surface area contributed by atoms with Gasteiger partial charge in [0.25, 0.3) is 0 Å². The van der Waals surface area contributed by atoms with E-state index in [9.17, 15) is 4.79 Å². The number of rotatable bonds is 3. The number of nitrogens with zero attached hydrogens (tertiary/aromatic N) is 3. The van der Waals surface area contributed by atoms with Crippen LogP contribution in [-0.4, -0.2) is 39.1 Å². The molecule has 0 aromatic carbocycles. The summed E-state index contributed by atoms with van der Waals surface area (Å²) in [5.41, 5.74) is 0.126. The monoisotopic (exact) mass is 356 g/mol. The fourth-order valence-corrected chi connectivity index (χ4v) is 6.86. The molecule has 0 radical (unpaired) electrons. The second-order valence-electron chi connectivity index (χ2n) is 9.46. The predicted molar refractivity (Wildman–Crippen MR) is 101 cm³/mol. The van der Waals surface area contributed by atoms with E-state index in [1.165, 1.54) is 44.3 Å². The van der Waals surface area contributed by atoms with Gasteiger partial charge in [-0.05, 0) is 76.0 Å². The minimum absolute atomic E-state index is 0.126. The standard InChI is InChI=1S/C21H32N4O/c1-2-24-8-5-22-19(24)18-3-6-25(7-4-18)20(26)23-21-12-15-9-16(13-21)11-17(10-15)14-21/h5,8,15-18H,2-4,6-7,9-14H2,1H3,(H,23,26). The van der Waals surface area contributed by atoms with E-state index in [0.29, 0.717) is 5.92 Å². The molecule has 142 valence electrons. The number of piperidine rings is 1. The van der Waals surface area contributed by atoms with Gasteiger partial charge in [-0.25, -0.2) is 9.78 Å². The average Bonchev–Trinajstić information content (AvgIpc) is 3.09. The molecule has 26 heavy (non-hydrogen) atoms. The number of nitrogens with one attached hydrogen (secondary N) is 1. The topological polar surface area (TPSA) is 50.2 Å². The van der Waals surface area contributed by atoms with Crippen LogP contribution in [0.5, 0.6) is 0 Å². The number of urea groups is 1. The average molecular weight is 357 g/mol. The Bertz CT molecular complexity index is 638. The third kappa shape index (κ3) is 2.84. The lowest BCUT2D eigenvalue weighted by atomic mass is 9.53. The fourth-order valence-electron chi connectivity index (χ4n) is 6.86. The summed E-state index contributed by atoms with van der Waals surface area (Å²) in [4.78, 5) is 19.6. The summed E-state index contributed by atoms with van der Waals surface area (Å²) in [5, 5.41) is 3.53. The number of imidazole rings is 1. The molecule has 1 aromatic heterocycles. The van der Waals surface area contributed by atoms with Crippen LogP contribution in [0.15, 0.2) is 12.4 Å². The first-order valence-corrected chi connectivity index (χ1v) is 10.7. The highest BCUT2D eigenvalue weighted by Gasteiger charge is 2.51. The zero-order valence-electron chi connectivity index (χ0n) is 16.0. The molecular formula is C21H32N4O. The highest BCUT2D eigenvalue weighted by Crippen LogP contribution is 2.55. The van der Waals surface area contributed by atoms with Gasteiger partial charge in [-0.3, -0.25) is 0 Å². The van der Waals surface area contributed by atoms with Crippen molar-refractivity contribution in [3.05, 3.63) is 18.2 Å². The van der Waals surface area contributed by atoms with Gasteiger partial charge in [0.15, 0.2) is 0 Å². The maximum absolute atomic E-state index is 13.0. The van der Waals surface area contributed by atoms with Crippen LogP contribution >= 0.6 is 0 Å². The van der Waals surface area contributed by atoms with Gasteiger partial charge in [0.1, 0.15) is 5.82 Å². The van der Waals surface area contributed by atoms with Crippen LogP contribution in [0, 0.1) is 17.8 Å². The molecule has 5 nitrogen and oxygen atoms in total. The number of aromatic nitrogens is 2. The lowest BCUT2D eigenvalue weighted by Crippen LogP contribution is -2.62. The molecule has 1 N–H and O–H groups in total. The van der Waals surface area contributed by atoms with E-state index in [0.717, 1.165) is 50.2 Å². The van der Waals surface area contributed by atoms with E-state index in [1.54, 1.807) is 0 Å². The van der Waals surface area contributed by atoms with Crippen molar-refractivity contribution < 1.29 is 4.79 Å². The molecule has 5 aliphatic rings. The Kier molecular flexibility index (Phi) is 4.02. The number of carbonyl (C=O) groups excluding carboxylic acids is 1. The largest absolute Gasteiger partial charge is 0.335 e. The van der Waals surface area contributed by atoms with Crippen molar-refractivity contribution in [2.24, 2.45) is 17.8 Å². The number of hydrogen-bond acceptors (Lipinski definition) is 2. The summed E-state index contributed by atoms with van der Waals surface area (Å²) in [6.45, 7) is 4.86. The van der Waals surface area contributed by atoms with Gasteiger partial charge < -0.3 is 14.8 Å². The van der Waals surface area contributed by atoms with Crippen molar-refractivity contribution >= 4 is 6.03 Å². The second kappa shape index (κ2) is 6.28. The molecule has 2 amide bonds. The van der Waals surface area contributed by atoms with Crippen LogP contribution in [0.3, 0.4) is 0 Å². The Morgan fingerprint density at radius 2 is 1.77 bits per heavy atom. The molecule has 0 spiro atoms. The fraction of sp³-hybridized carbons (Fsp3) is 0.810. The number of carbonyl (C=O) groups is 1. The van der Waals surface area contributed by atoms with Crippen LogP contribution < -0.4 is 5.32 Å². The smallest absolute Gasteiger partial charge is 0.317 e. The van der Waals surface area contributed by atoms with Crippen LogP contribution in [0.25, 0.3) is 0 Å². The van der Waals surface area contributed by atoms with E-state index < -0.39 is 0 Å². The molecule has 1 saturated heterocycles. The molecular weight excluding hydrogens is 324 g/mol. The molecule has 1 aromatic rings. The van der Waals surface area contributed by atoms with Gasteiger partial charge in [-0.15, -0.1) is 0 Å². The molecule has 0 unspecified atom stereocenters. The molecule has 5 heteroatoms. The van der Waals surface area contributed by atoms with Crippen LogP contribution in [0.4, 0.5) is 4.79 Å². The summed E-state index contributed by atoms with van der Waals surface area (Å²) < 4.78 is 2.25. The molecule has 5 fully saturated rings. The Hall–Kier alpha value is -1.52. The number of aryl methyl sites for hydroxylation is 1. The number of hydrogen-bond donors (Lipinski definition) is 1. The first-order chi connectivity index (χ1) is 12.6. The highest BCUT2D eigenvalue weighted by atomic mass is 16.2. The zero-order chi connectivity index (χ0) is 17.7. The second-order valence-corrected chi connectivity index (χ2v) is 9.46. The lowest BCUT2D eigenvalue weighted by Gasteiger charge is -2.57. The summed E-state index contributed by atoms with van der Waals surface area (Å²) in [5.74, 6) is 4.32. The van der Waals surface area contributed by atoms with E-state index in [2.05, 4.69) is 32.9 Å². The molecule has 0 atom stereocenters. The van der Waals surface area contributed by atoms with Crippen LogP contribution in [0.1, 0.15) is 70.0 Å². The van der Waals surface area contributed by atoms with E-state index in [1.807, 2.05) is 6.20 Å².